The number of hydrogen-bond donors (Lipinski definition) is 0. The molecule has 0 spiro atoms. The molecule has 2 aromatic heterocycles. The summed E-state index contributed by atoms with van der Waals surface area (Å²) in [5.41, 5.74) is 6.55. The molecule has 0 atom stereocenters. The Labute approximate surface area is 200 Å². The van der Waals surface area contributed by atoms with Gasteiger partial charge in [0.15, 0.2) is 5.65 Å². The van der Waals surface area contributed by atoms with E-state index >= 15 is 0 Å². The summed E-state index contributed by atoms with van der Waals surface area (Å²) < 4.78 is 7.77. The van der Waals surface area contributed by atoms with Crippen molar-refractivity contribution in [1.82, 2.24) is 24.5 Å². The molecule has 7 nitrogen and oxygen atoms in total. The Balaban J connectivity index is 1.31. The molecule has 176 valence electrons. The molecule has 2 saturated heterocycles. The molecule has 2 aromatic carbocycles. The van der Waals surface area contributed by atoms with Gasteiger partial charge in [-0.2, -0.15) is 0 Å². The molecule has 0 saturated carbocycles. The second kappa shape index (κ2) is 8.96. The van der Waals surface area contributed by atoms with Crippen LogP contribution in [0, 0.1) is 0 Å². The van der Waals surface area contributed by atoms with Crippen molar-refractivity contribution in [1.29, 1.82) is 0 Å². The second-order valence-electron chi connectivity index (χ2n) is 9.83. The number of piperidine rings is 1. The maximum atomic E-state index is 5.57. The Hall–Kier alpha value is -3.03. The Bertz CT molecular complexity index is 1280. The number of anilines is 1. The van der Waals surface area contributed by atoms with Gasteiger partial charge in [-0.25, -0.2) is 0 Å². The summed E-state index contributed by atoms with van der Waals surface area (Å²) in [5.74, 6) is 1.40. The number of nitrogens with zero attached hydrogens (tertiary/aromatic N) is 6. The van der Waals surface area contributed by atoms with Gasteiger partial charge in [0.1, 0.15) is 5.82 Å². The van der Waals surface area contributed by atoms with Crippen LogP contribution in [0.4, 0.5) is 5.69 Å². The molecule has 7 heteroatoms. The fourth-order valence-electron chi connectivity index (χ4n) is 5.48. The van der Waals surface area contributed by atoms with Crippen LogP contribution < -0.4 is 4.90 Å². The SMILES string of the molecule is CN(C)C1CCN(c2ccc(-c3ccc4ncc5nnc(C6CCOCC6)n5c4c3)cc2)CC1. The fourth-order valence-corrected chi connectivity index (χ4v) is 5.48. The zero-order chi connectivity index (χ0) is 23.1. The van der Waals surface area contributed by atoms with Gasteiger partial charge in [-0.05, 0) is 75.2 Å². The van der Waals surface area contributed by atoms with Crippen LogP contribution in [-0.4, -0.2) is 70.9 Å². The lowest BCUT2D eigenvalue weighted by Crippen LogP contribution is -2.41. The van der Waals surface area contributed by atoms with Gasteiger partial charge in [0.2, 0.25) is 0 Å². The van der Waals surface area contributed by atoms with Crippen LogP contribution in [0.5, 0.6) is 0 Å². The summed E-state index contributed by atoms with van der Waals surface area (Å²) in [7, 11) is 4.38. The van der Waals surface area contributed by atoms with Crippen molar-refractivity contribution in [2.45, 2.75) is 37.6 Å². The predicted octanol–water partition coefficient (Wildman–Crippen LogP) is 4.37. The fraction of sp³-hybridized carbons (Fsp3) is 0.444. The molecule has 0 bridgehead atoms. The topological polar surface area (TPSA) is 58.8 Å². The number of benzene rings is 2. The molecule has 2 aliphatic heterocycles. The highest BCUT2D eigenvalue weighted by Gasteiger charge is 2.23. The third kappa shape index (κ3) is 3.93. The van der Waals surface area contributed by atoms with Crippen molar-refractivity contribution in [3.8, 4) is 11.1 Å². The minimum Gasteiger partial charge on any atom is -0.381 e. The number of ether oxygens (including phenoxy) is 1. The van der Waals surface area contributed by atoms with Gasteiger partial charge in [0, 0.05) is 44.0 Å². The van der Waals surface area contributed by atoms with Gasteiger partial charge >= 0.3 is 0 Å². The zero-order valence-electron chi connectivity index (χ0n) is 20.0. The van der Waals surface area contributed by atoms with E-state index < -0.39 is 0 Å². The third-order valence-electron chi connectivity index (χ3n) is 7.60. The molecule has 4 heterocycles. The largest absolute Gasteiger partial charge is 0.381 e. The smallest absolute Gasteiger partial charge is 0.179 e. The molecule has 0 radical (unpaired) electrons. The van der Waals surface area contributed by atoms with Crippen LogP contribution in [0.3, 0.4) is 0 Å². The molecule has 4 aromatic rings. The van der Waals surface area contributed by atoms with E-state index in [1.54, 1.807) is 0 Å². The minimum atomic E-state index is 0.369. The lowest BCUT2D eigenvalue weighted by molar-refractivity contribution is 0.0834. The van der Waals surface area contributed by atoms with E-state index in [1.807, 2.05) is 6.20 Å². The van der Waals surface area contributed by atoms with Gasteiger partial charge in [-0.15, -0.1) is 10.2 Å². The first-order valence-corrected chi connectivity index (χ1v) is 12.4. The number of fused-ring (bicyclic) bond motifs is 3. The van der Waals surface area contributed by atoms with Crippen LogP contribution in [0.15, 0.2) is 48.7 Å². The van der Waals surface area contributed by atoms with Crippen molar-refractivity contribution in [2.75, 3.05) is 45.3 Å². The Morgan fingerprint density at radius 2 is 1.62 bits per heavy atom. The molecular formula is C27H32N6O. The second-order valence-corrected chi connectivity index (χ2v) is 9.83. The van der Waals surface area contributed by atoms with Crippen molar-refractivity contribution < 1.29 is 4.74 Å². The van der Waals surface area contributed by atoms with E-state index in [-0.39, 0.29) is 0 Å². The van der Waals surface area contributed by atoms with Crippen molar-refractivity contribution in [2.24, 2.45) is 0 Å². The lowest BCUT2D eigenvalue weighted by Gasteiger charge is -2.36. The summed E-state index contributed by atoms with van der Waals surface area (Å²) in [4.78, 5) is 9.50. The molecular weight excluding hydrogens is 424 g/mol. The Morgan fingerprint density at radius 3 is 2.35 bits per heavy atom. The summed E-state index contributed by atoms with van der Waals surface area (Å²) >= 11 is 0. The van der Waals surface area contributed by atoms with Crippen LogP contribution in [-0.2, 0) is 4.74 Å². The van der Waals surface area contributed by atoms with E-state index in [2.05, 4.69) is 85.9 Å². The number of aromatic nitrogens is 4. The highest BCUT2D eigenvalue weighted by atomic mass is 16.5. The van der Waals surface area contributed by atoms with Gasteiger partial charge < -0.3 is 14.5 Å². The summed E-state index contributed by atoms with van der Waals surface area (Å²) in [6.07, 6.45) is 6.23. The molecule has 0 aliphatic carbocycles. The van der Waals surface area contributed by atoms with Crippen molar-refractivity contribution >= 4 is 22.4 Å². The molecule has 2 aliphatic rings. The Morgan fingerprint density at radius 1 is 0.882 bits per heavy atom. The van der Waals surface area contributed by atoms with E-state index in [9.17, 15) is 0 Å². The average molecular weight is 457 g/mol. The quantitative estimate of drug-likeness (QED) is 0.455. The van der Waals surface area contributed by atoms with Gasteiger partial charge in [0.05, 0.1) is 17.2 Å². The van der Waals surface area contributed by atoms with Crippen LogP contribution in [0.2, 0.25) is 0 Å². The first-order valence-electron chi connectivity index (χ1n) is 12.4. The molecule has 0 N–H and O–H groups in total. The Kier molecular flexibility index (Phi) is 5.67. The molecule has 2 fully saturated rings. The van der Waals surface area contributed by atoms with Crippen LogP contribution in [0.1, 0.15) is 37.4 Å². The standard InChI is InChI=1S/C27H32N6O/c1-31(2)22-9-13-32(14-10-22)23-6-3-19(4-7-23)21-5-8-24-25(17-21)33-26(18-28-24)29-30-27(33)20-11-15-34-16-12-20/h3-8,17-18,20,22H,9-16H2,1-2H3. The molecule has 6 rings (SSSR count). The average Bonchev–Trinajstić information content (AvgIpc) is 3.34. The molecule has 34 heavy (non-hydrogen) atoms. The van der Waals surface area contributed by atoms with E-state index in [0.29, 0.717) is 12.0 Å². The normalized spacial score (nSPS) is 18.4. The highest BCUT2D eigenvalue weighted by molar-refractivity contribution is 5.84. The molecule has 0 unspecified atom stereocenters. The van der Waals surface area contributed by atoms with E-state index in [4.69, 9.17) is 4.74 Å². The number of hydrogen-bond acceptors (Lipinski definition) is 6. The van der Waals surface area contributed by atoms with Crippen molar-refractivity contribution in [3.05, 3.63) is 54.5 Å². The summed E-state index contributed by atoms with van der Waals surface area (Å²) in [6, 6.07) is 16.2. The van der Waals surface area contributed by atoms with Crippen molar-refractivity contribution in [3.63, 3.8) is 0 Å². The predicted molar refractivity (Wildman–Crippen MR) is 135 cm³/mol. The first kappa shape index (κ1) is 21.5. The van der Waals surface area contributed by atoms with E-state index in [1.165, 1.54) is 29.7 Å². The molecule has 0 amide bonds. The first-order chi connectivity index (χ1) is 16.7. The maximum Gasteiger partial charge on any atom is 0.179 e. The summed E-state index contributed by atoms with van der Waals surface area (Å²) in [5, 5.41) is 8.99. The van der Waals surface area contributed by atoms with Crippen LogP contribution >= 0.6 is 0 Å². The zero-order valence-corrected chi connectivity index (χ0v) is 20.0. The summed E-state index contributed by atoms with van der Waals surface area (Å²) in [6.45, 7) is 3.80. The van der Waals surface area contributed by atoms with Gasteiger partial charge in [-0.3, -0.25) is 9.38 Å². The van der Waals surface area contributed by atoms with E-state index in [0.717, 1.165) is 61.6 Å². The monoisotopic (exact) mass is 456 g/mol. The lowest BCUT2D eigenvalue weighted by atomic mass is 9.99. The van der Waals surface area contributed by atoms with Crippen LogP contribution in [0.25, 0.3) is 27.8 Å². The maximum absolute atomic E-state index is 5.57. The van der Waals surface area contributed by atoms with Gasteiger partial charge in [0.25, 0.3) is 0 Å². The third-order valence-corrected chi connectivity index (χ3v) is 7.60. The minimum absolute atomic E-state index is 0.369. The highest BCUT2D eigenvalue weighted by Crippen LogP contribution is 2.31. The number of rotatable bonds is 4. The van der Waals surface area contributed by atoms with Gasteiger partial charge in [-0.1, -0.05) is 18.2 Å².